The molecule has 1 aliphatic heterocycles. The van der Waals surface area contributed by atoms with Gasteiger partial charge in [0, 0.05) is 19.9 Å². The summed E-state index contributed by atoms with van der Waals surface area (Å²) in [4.78, 5) is 0. The first-order valence-electron chi connectivity index (χ1n) is 5.66. The zero-order chi connectivity index (χ0) is 12.3. The van der Waals surface area contributed by atoms with Gasteiger partial charge in [-0.05, 0) is 19.3 Å². The van der Waals surface area contributed by atoms with E-state index in [9.17, 15) is 8.42 Å². The summed E-state index contributed by atoms with van der Waals surface area (Å²) in [5, 5.41) is 3.91. The molecule has 1 N–H and O–H groups in total. The van der Waals surface area contributed by atoms with E-state index in [1.165, 1.54) is 6.20 Å². The van der Waals surface area contributed by atoms with Crippen molar-refractivity contribution in [1.29, 1.82) is 0 Å². The Labute approximate surface area is 101 Å². The highest BCUT2D eigenvalue weighted by atomic mass is 32.2. The van der Waals surface area contributed by atoms with Gasteiger partial charge in [-0.3, -0.25) is 9.40 Å². The van der Waals surface area contributed by atoms with Crippen molar-refractivity contribution in [2.45, 2.75) is 25.4 Å². The van der Waals surface area contributed by atoms with Crippen LogP contribution in [0.1, 0.15) is 19.3 Å². The van der Waals surface area contributed by atoms with E-state index in [0.29, 0.717) is 12.3 Å². The highest BCUT2D eigenvalue weighted by molar-refractivity contribution is 7.92. The summed E-state index contributed by atoms with van der Waals surface area (Å²) in [5.74, 6) is 0.0158. The van der Waals surface area contributed by atoms with Crippen molar-refractivity contribution in [1.82, 2.24) is 9.78 Å². The lowest BCUT2D eigenvalue weighted by Gasteiger charge is -2.22. The second kappa shape index (κ2) is 5.05. The first-order chi connectivity index (χ1) is 8.05. The van der Waals surface area contributed by atoms with E-state index in [2.05, 4.69) is 9.82 Å². The Morgan fingerprint density at radius 2 is 2.41 bits per heavy atom. The maximum atomic E-state index is 11.8. The van der Waals surface area contributed by atoms with Gasteiger partial charge in [0.2, 0.25) is 10.0 Å². The number of hydrogen-bond donors (Lipinski definition) is 1. The number of sulfonamides is 1. The van der Waals surface area contributed by atoms with Gasteiger partial charge in [0.05, 0.1) is 23.7 Å². The highest BCUT2D eigenvalue weighted by Crippen LogP contribution is 2.16. The molecule has 0 unspecified atom stereocenters. The molecule has 1 aliphatic rings. The predicted octanol–water partition coefficient (Wildman–Crippen LogP) is 0.731. The normalized spacial score (nSPS) is 21.4. The molecule has 1 atom stereocenters. The highest BCUT2D eigenvalue weighted by Gasteiger charge is 2.22. The third-order valence-electron chi connectivity index (χ3n) is 2.66. The van der Waals surface area contributed by atoms with E-state index >= 15 is 0 Å². The molecule has 1 aromatic heterocycles. The van der Waals surface area contributed by atoms with Crippen molar-refractivity contribution in [3.63, 3.8) is 0 Å². The van der Waals surface area contributed by atoms with Crippen LogP contribution in [-0.2, 0) is 21.8 Å². The van der Waals surface area contributed by atoms with Crippen LogP contribution in [0.2, 0.25) is 0 Å². The first-order valence-corrected chi connectivity index (χ1v) is 7.31. The van der Waals surface area contributed by atoms with Crippen LogP contribution in [0.25, 0.3) is 0 Å². The molecule has 0 aromatic carbocycles. The van der Waals surface area contributed by atoms with E-state index in [1.54, 1.807) is 17.9 Å². The fourth-order valence-corrected chi connectivity index (χ4v) is 3.18. The van der Waals surface area contributed by atoms with Gasteiger partial charge in [-0.15, -0.1) is 0 Å². The number of ether oxygens (including phenoxy) is 1. The van der Waals surface area contributed by atoms with Crippen LogP contribution >= 0.6 is 0 Å². The molecule has 7 heteroatoms. The summed E-state index contributed by atoms with van der Waals surface area (Å²) in [6.45, 7) is 0.660. The quantitative estimate of drug-likeness (QED) is 0.865. The molecule has 2 rings (SSSR count). The van der Waals surface area contributed by atoms with Gasteiger partial charge >= 0.3 is 0 Å². The zero-order valence-electron chi connectivity index (χ0n) is 9.80. The number of rotatable bonds is 4. The van der Waals surface area contributed by atoms with Crippen LogP contribution in [0.3, 0.4) is 0 Å². The third kappa shape index (κ3) is 3.71. The van der Waals surface area contributed by atoms with Crippen LogP contribution in [0.4, 0.5) is 5.69 Å². The van der Waals surface area contributed by atoms with Crippen LogP contribution in [-0.4, -0.2) is 36.7 Å². The molecule has 2 heterocycles. The Hall–Kier alpha value is -1.08. The van der Waals surface area contributed by atoms with E-state index in [-0.39, 0.29) is 11.9 Å². The van der Waals surface area contributed by atoms with Gasteiger partial charge in [-0.25, -0.2) is 8.42 Å². The third-order valence-corrected chi connectivity index (χ3v) is 4.01. The molecule has 96 valence electrons. The Morgan fingerprint density at radius 3 is 3.00 bits per heavy atom. The van der Waals surface area contributed by atoms with Gasteiger partial charge in [0.25, 0.3) is 0 Å². The minimum Gasteiger partial charge on any atom is -0.377 e. The van der Waals surface area contributed by atoms with Crippen molar-refractivity contribution in [3.05, 3.63) is 12.4 Å². The molecular formula is C10H17N3O3S. The molecule has 6 nitrogen and oxygen atoms in total. The minimum absolute atomic E-state index is 0.0158. The second-order valence-electron chi connectivity index (χ2n) is 4.27. The van der Waals surface area contributed by atoms with Gasteiger partial charge in [0.1, 0.15) is 0 Å². The Balaban J connectivity index is 1.94. The molecule has 17 heavy (non-hydrogen) atoms. The molecule has 1 fully saturated rings. The number of nitrogens with one attached hydrogen (secondary N) is 1. The number of nitrogens with zero attached hydrogens (tertiary/aromatic N) is 2. The summed E-state index contributed by atoms with van der Waals surface area (Å²) in [6, 6.07) is 0. The molecule has 0 radical (unpaired) electrons. The minimum atomic E-state index is -3.35. The first kappa shape index (κ1) is 12.4. The van der Waals surface area contributed by atoms with Crippen molar-refractivity contribution < 1.29 is 13.2 Å². The van der Waals surface area contributed by atoms with Crippen LogP contribution in [0.15, 0.2) is 12.4 Å². The second-order valence-corrected chi connectivity index (χ2v) is 6.04. The smallest absolute Gasteiger partial charge is 0.235 e. The lowest BCUT2D eigenvalue weighted by atomic mass is 10.1. The average Bonchev–Trinajstić information content (AvgIpc) is 2.63. The summed E-state index contributed by atoms with van der Waals surface area (Å²) in [5.41, 5.74) is 0.489. The molecule has 0 saturated carbocycles. The maximum absolute atomic E-state index is 11.8. The Bertz CT molecular complexity index is 463. The fourth-order valence-electron chi connectivity index (χ4n) is 1.88. The van der Waals surface area contributed by atoms with Gasteiger partial charge in [-0.2, -0.15) is 5.10 Å². The summed E-state index contributed by atoms with van der Waals surface area (Å²) in [6.07, 6.45) is 5.80. The summed E-state index contributed by atoms with van der Waals surface area (Å²) < 4.78 is 33.2. The van der Waals surface area contributed by atoms with Gasteiger partial charge in [-0.1, -0.05) is 0 Å². The van der Waals surface area contributed by atoms with Crippen LogP contribution in [0.5, 0.6) is 0 Å². The zero-order valence-corrected chi connectivity index (χ0v) is 10.6. The molecule has 1 aromatic rings. The van der Waals surface area contributed by atoms with E-state index < -0.39 is 10.0 Å². The van der Waals surface area contributed by atoms with Crippen LogP contribution in [0, 0.1) is 0 Å². The molecular weight excluding hydrogens is 242 g/mol. The number of aromatic nitrogens is 2. The van der Waals surface area contributed by atoms with Crippen molar-refractivity contribution in [3.8, 4) is 0 Å². The van der Waals surface area contributed by atoms with Crippen molar-refractivity contribution in [2.75, 3.05) is 17.1 Å². The molecule has 0 spiro atoms. The SMILES string of the molecule is Cn1cc(NS(=O)(=O)C[C@@H]2CCCCO2)cn1. The monoisotopic (exact) mass is 259 g/mol. The number of hydrogen-bond acceptors (Lipinski definition) is 4. The predicted molar refractivity (Wildman–Crippen MR) is 64.2 cm³/mol. The number of aryl methyl sites for hydroxylation is 1. The summed E-state index contributed by atoms with van der Waals surface area (Å²) >= 11 is 0. The lowest BCUT2D eigenvalue weighted by molar-refractivity contribution is 0.0306. The summed E-state index contributed by atoms with van der Waals surface area (Å²) in [7, 11) is -1.61. The topological polar surface area (TPSA) is 73.2 Å². The molecule has 0 amide bonds. The van der Waals surface area contributed by atoms with Gasteiger partial charge in [0.15, 0.2) is 0 Å². The van der Waals surface area contributed by atoms with E-state index in [4.69, 9.17) is 4.74 Å². The lowest BCUT2D eigenvalue weighted by Crippen LogP contribution is -2.30. The van der Waals surface area contributed by atoms with Crippen molar-refractivity contribution in [2.24, 2.45) is 7.05 Å². The number of anilines is 1. The fraction of sp³-hybridized carbons (Fsp3) is 0.700. The average molecular weight is 259 g/mol. The maximum Gasteiger partial charge on any atom is 0.235 e. The van der Waals surface area contributed by atoms with Gasteiger partial charge < -0.3 is 4.74 Å². The molecule has 1 saturated heterocycles. The Morgan fingerprint density at radius 1 is 1.59 bits per heavy atom. The van der Waals surface area contributed by atoms with Crippen molar-refractivity contribution >= 4 is 15.7 Å². The largest absolute Gasteiger partial charge is 0.377 e. The van der Waals surface area contributed by atoms with E-state index in [0.717, 1.165) is 19.3 Å². The Kier molecular flexibility index (Phi) is 3.68. The molecule has 0 bridgehead atoms. The van der Waals surface area contributed by atoms with E-state index in [1.807, 2.05) is 0 Å². The molecule has 0 aliphatic carbocycles. The van der Waals surface area contributed by atoms with Crippen LogP contribution < -0.4 is 4.72 Å². The standard InChI is InChI=1S/C10H17N3O3S/c1-13-7-9(6-11-13)12-17(14,15)8-10-4-2-3-5-16-10/h6-7,10,12H,2-5,8H2,1H3/t10-/m0/s1.